The minimum Gasteiger partial charge on any atom is -0.448 e. The number of fused-ring (bicyclic) bond motifs is 5. The molecule has 4 aliphatic rings. The summed E-state index contributed by atoms with van der Waals surface area (Å²) in [6.45, 7) is 6.82. The average Bonchev–Trinajstić information content (AvgIpc) is 3.39. The van der Waals surface area contributed by atoms with E-state index < -0.39 is 5.41 Å². The maximum atomic E-state index is 6.44. The van der Waals surface area contributed by atoms with Gasteiger partial charge < -0.3 is 9.64 Å². The Morgan fingerprint density at radius 1 is 0.607 bits per heavy atom. The van der Waals surface area contributed by atoms with Crippen LogP contribution in [0.5, 0.6) is 5.75 Å². The molecule has 270 valence electrons. The van der Waals surface area contributed by atoms with Crippen LogP contribution in [0.25, 0.3) is 27.8 Å². The van der Waals surface area contributed by atoms with E-state index in [4.69, 9.17) is 4.74 Å². The van der Waals surface area contributed by atoms with Crippen molar-refractivity contribution >= 4 is 22.6 Å². The SMILES string of the molecule is CC(C)(C)c1ccc(N(c2ccc(-c3cccc4c3OC3=C=C4C=CC=C3)cc2)c2ccc3c(c2)C(C2=CC=CCC2)(c2ccccc2)c2ccccc2-3)cc1. The minimum absolute atomic E-state index is 0.0495. The Balaban J connectivity index is 1.14. The molecule has 2 heteroatoms. The van der Waals surface area contributed by atoms with Crippen molar-refractivity contribution in [3.05, 3.63) is 227 Å². The van der Waals surface area contributed by atoms with Crippen LogP contribution in [0, 0.1) is 0 Å². The number of hydrogen-bond acceptors (Lipinski definition) is 2. The summed E-state index contributed by atoms with van der Waals surface area (Å²) in [5, 5.41) is 0. The summed E-state index contributed by atoms with van der Waals surface area (Å²) in [6, 6.07) is 51.8. The van der Waals surface area contributed by atoms with Crippen LogP contribution in [-0.2, 0) is 10.8 Å². The third kappa shape index (κ3) is 5.49. The summed E-state index contributed by atoms with van der Waals surface area (Å²) in [5.74, 6) is 1.61. The molecule has 10 rings (SSSR count). The predicted octanol–water partition coefficient (Wildman–Crippen LogP) is 14.1. The highest BCUT2D eigenvalue weighted by Crippen LogP contribution is 2.58. The number of benzene rings is 6. The summed E-state index contributed by atoms with van der Waals surface area (Å²) in [7, 11) is 0. The van der Waals surface area contributed by atoms with Crippen LogP contribution >= 0.6 is 0 Å². The molecule has 3 aliphatic carbocycles. The Morgan fingerprint density at radius 3 is 2.05 bits per heavy atom. The highest BCUT2D eigenvalue weighted by atomic mass is 16.5. The first kappa shape index (κ1) is 33.9. The maximum Gasteiger partial charge on any atom is 0.170 e. The average molecular weight is 722 g/mol. The normalized spacial score (nSPS) is 17.4. The minimum atomic E-state index is -0.404. The molecule has 0 N–H and O–H groups in total. The molecule has 2 bridgehead atoms. The summed E-state index contributed by atoms with van der Waals surface area (Å²) in [5.41, 5.74) is 20.0. The number of ether oxygens (including phenoxy) is 1. The molecular formula is C54H43NO. The second-order valence-electron chi connectivity index (χ2n) is 16.1. The number of para-hydroxylation sites is 1. The highest BCUT2D eigenvalue weighted by Gasteiger charge is 2.47. The van der Waals surface area contributed by atoms with Crippen molar-refractivity contribution in [2.75, 3.05) is 4.90 Å². The van der Waals surface area contributed by atoms with Gasteiger partial charge in [0.05, 0.1) is 5.41 Å². The van der Waals surface area contributed by atoms with Gasteiger partial charge >= 0.3 is 0 Å². The van der Waals surface area contributed by atoms with Crippen molar-refractivity contribution in [3.63, 3.8) is 0 Å². The Kier molecular flexibility index (Phi) is 8.06. The van der Waals surface area contributed by atoms with Gasteiger partial charge in [-0.15, -0.1) is 0 Å². The van der Waals surface area contributed by atoms with E-state index in [1.54, 1.807) is 0 Å². The number of rotatable bonds is 6. The topological polar surface area (TPSA) is 12.5 Å². The van der Waals surface area contributed by atoms with E-state index in [0.717, 1.165) is 63.7 Å². The van der Waals surface area contributed by atoms with Gasteiger partial charge in [0.2, 0.25) is 0 Å². The van der Waals surface area contributed by atoms with Gasteiger partial charge in [0.1, 0.15) is 5.75 Å². The number of hydrogen-bond donors (Lipinski definition) is 0. The lowest BCUT2D eigenvalue weighted by atomic mass is 9.65. The number of anilines is 3. The molecule has 0 saturated heterocycles. The lowest BCUT2D eigenvalue weighted by Crippen LogP contribution is -2.30. The molecule has 0 aromatic heterocycles. The Bertz CT molecular complexity index is 2710. The molecule has 1 heterocycles. The van der Waals surface area contributed by atoms with Gasteiger partial charge in [-0.1, -0.05) is 160 Å². The zero-order chi connectivity index (χ0) is 37.9. The Labute approximate surface area is 330 Å². The second kappa shape index (κ2) is 13.3. The highest BCUT2D eigenvalue weighted by molar-refractivity contribution is 5.91. The van der Waals surface area contributed by atoms with E-state index in [0.29, 0.717) is 0 Å². The molecule has 6 aromatic rings. The van der Waals surface area contributed by atoms with E-state index in [9.17, 15) is 0 Å². The molecule has 56 heavy (non-hydrogen) atoms. The first-order chi connectivity index (χ1) is 27.4. The van der Waals surface area contributed by atoms with Crippen LogP contribution in [0.3, 0.4) is 0 Å². The van der Waals surface area contributed by atoms with E-state index in [2.05, 4.69) is 195 Å². The van der Waals surface area contributed by atoms with Crippen molar-refractivity contribution in [1.29, 1.82) is 0 Å². The van der Waals surface area contributed by atoms with E-state index in [-0.39, 0.29) is 5.41 Å². The van der Waals surface area contributed by atoms with Crippen molar-refractivity contribution < 1.29 is 4.74 Å². The maximum absolute atomic E-state index is 6.44. The van der Waals surface area contributed by atoms with Gasteiger partial charge in [-0.25, -0.2) is 0 Å². The molecule has 2 nitrogen and oxygen atoms in total. The van der Waals surface area contributed by atoms with Crippen LogP contribution in [-0.4, -0.2) is 0 Å². The zero-order valence-electron chi connectivity index (χ0n) is 32.1. The van der Waals surface area contributed by atoms with Crippen LogP contribution < -0.4 is 9.64 Å². The summed E-state index contributed by atoms with van der Waals surface area (Å²) < 4.78 is 6.44. The lowest BCUT2D eigenvalue weighted by molar-refractivity contribution is 0.443. The van der Waals surface area contributed by atoms with Crippen LogP contribution in [0.2, 0.25) is 0 Å². The molecule has 1 aliphatic heterocycles. The van der Waals surface area contributed by atoms with E-state index >= 15 is 0 Å². The Morgan fingerprint density at radius 2 is 1.29 bits per heavy atom. The molecule has 0 radical (unpaired) electrons. The summed E-state index contributed by atoms with van der Waals surface area (Å²) in [6.07, 6.45) is 17.1. The fraction of sp³-hybridized carbons (Fsp3) is 0.130. The van der Waals surface area contributed by atoms with Crippen molar-refractivity contribution in [3.8, 4) is 28.0 Å². The van der Waals surface area contributed by atoms with Crippen molar-refractivity contribution in [2.45, 2.75) is 44.4 Å². The third-order valence-corrected chi connectivity index (χ3v) is 11.8. The second-order valence-corrected chi connectivity index (χ2v) is 16.1. The number of allylic oxidation sites excluding steroid dienone is 8. The van der Waals surface area contributed by atoms with Gasteiger partial charge in [0.15, 0.2) is 5.76 Å². The third-order valence-electron chi connectivity index (χ3n) is 11.8. The molecule has 0 fully saturated rings. The molecule has 6 aromatic carbocycles. The zero-order valence-corrected chi connectivity index (χ0v) is 32.1. The quantitative estimate of drug-likeness (QED) is 0.159. The largest absolute Gasteiger partial charge is 0.448 e. The molecule has 0 amide bonds. The smallest absolute Gasteiger partial charge is 0.170 e. The molecule has 0 spiro atoms. The van der Waals surface area contributed by atoms with E-state index in [1.807, 2.05) is 18.2 Å². The summed E-state index contributed by atoms with van der Waals surface area (Å²) >= 11 is 0. The monoisotopic (exact) mass is 721 g/mol. The molecule has 1 unspecified atom stereocenters. The molecule has 1 atom stereocenters. The van der Waals surface area contributed by atoms with Crippen LogP contribution in [0.1, 0.15) is 61.4 Å². The molecular weight excluding hydrogens is 679 g/mol. The van der Waals surface area contributed by atoms with Gasteiger partial charge in [-0.3, -0.25) is 0 Å². The van der Waals surface area contributed by atoms with Crippen molar-refractivity contribution in [1.82, 2.24) is 0 Å². The van der Waals surface area contributed by atoms with Gasteiger partial charge in [0, 0.05) is 33.8 Å². The molecule has 0 saturated carbocycles. The predicted molar refractivity (Wildman–Crippen MR) is 233 cm³/mol. The lowest BCUT2D eigenvalue weighted by Gasteiger charge is -2.37. The van der Waals surface area contributed by atoms with Gasteiger partial charge in [0.25, 0.3) is 0 Å². The van der Waals surface area contributed by atoms with Gasteiger partial charge in [-0.2, -0.15) is 0 Å². The Hall–Kier alpha value is -6.60. The van der Waals surface area contributed by atoms with E-state index in [1.165, 1.54) is 39.0 Å². The summed E-state index contributed by atoms with van der Waals surface area (Å²) in [4.78, 5) is 2.42. The first-order valence-electron chi connectivity index (χ1n) is 19.7. The van der Waals surface area contributed by atoms with Gasteiger partial charge in [-0.05, 0) is 112 Å². The number of nitrogens with zero attached hydrogens (tertiary/aromatic N) is 1. The van der Waals surface area contributed by atoms with Crippen LogP contribution in [0.15, 0.2) is 199 Å². The fourth-order valence-corrected chi connectivity index (χ4v) is 9.12. The first-order valence-corrected chi connectivity index (χ1v) is 19.7. The van der Waals surface area contributed by atoms with Crippen LogP contribution in [0.4, 0.5) is 17.1 Å². The fourth-order valence-electron chi connectivity index (χ4n) is 9.12. The van der Waals surface area contributed by atoms with Crippen molar-refractivity contribution in [2.24, 2.45) is 0 Å². The standard InChI is InChI=1S/C54H43NO/c1-53(2,3)39-27-31-43(32-28-39)55(42-29-25-37(26-30-42)46-22-14-23-47-38-15-10-11-20-45(35-38)56-52(46)47)44-33-34-49-48-21-12-13-24-50(48)54(51(49)36-44,40-16-6-4-7-17-40)41-18-8-5-9-19-41/h4-8,10-18,20-34,36H,9,19H2,1-3H3.